The van der Waals surface area contributed by atoms with E-state index in [2.05, 4.69) is 0 Å². The van der Waals surface area contributed by atoms with Crippen molar-refractivity contribution in [1.82, 2.24) is 0 Å². The van der Waals surface area contributed by atoms with E-state index in [0.717, 1.165) is 0 Å². The predicted octanol–water partition coefficient (Wildman–Crippen LogP) is 3.01. The molecule has 0 amide bonds. The fourth-order valence-electron chi connectivity index (χ4n) is 3.46. The number of carbonyl (C=O) groups excluding carboxylic acids is 3. The van der Waals surface area contributed by atoms with Crippen molar-refractivity contribution in [2.45, 2.75) is 24.6 Å². The Balaban J connectivity index is 1.51. The second kappa shape index (κ2) is 10.7. The topological polar surface area (TPSA) is 108 Å². The zero-order valence-electron chi connectivity index (χ0n) is 18.0. The van der Waals surface area contributed by atoms with Crippen molar-refractivity contribution < 1.29 is 38.4 Å². The SMILES string of the molecule is O=C(OCC1OC(O)[C@H](OC(=O)c2ccccc2)C1OC(=O)c1ccccc1)c1ccccc1. The van der Waals surface area contributed by atoms with Crippen LogP contribution in [-0.2, 0) is 18.9 Å². The fraction of sp³-hybridized carbons (Fsp3) is 0.192. The number of aliphatic hydroxyl groups is 1. The average molecular weight is 462 g/mol. The van der Waals surface area contributed by atoms with E-state index < -0.39 is 42.5 Å². The molecular formula is C26H22O8. The zero-order chi connectivity index (χ0) is 23.9. The van der Waals surface area contributed by atoms with E-state index in [1.54, 1.807) is 91.0 Å². The van der Waals surface area contributed by atoms with Crippen LogP contribution in [0.15, 0.2) is 91.0 Å². The van der Waals surface area contributed by atoms with Crippen LogP contribution in [0.1, 0.15) is 31.1 Å². The minimum atomic E-state index is -1.60. The lowest BCUT2D eigenvalue weighted by atomic mass is 10.1. The summed E-state index contributed by atoms with van der Waals surface area (Å²) in [4.78, 5) is 37.6. The summed E-state index contributed by atoms with van der Waals surface area (Å²) in [5, 5.41) is 10.5. The molecule has 1 heterocycles. The molecule has 0 bridgehead atoms. The molecule has 1 N–H and O–H groups in total. The highest BCUT2D eigenvalue weighted by Gasteiger charge is 2.50. The van der Waals surface area contributed by atoms with Crippen LogP contribution in [0.3, 0.4) is 0 Å². The van der Waals surface area contributed by atoms with Crippen LogP contribution in [0.25, 0.3) is 0 Å². The molecule has 0 radical (unpaired) electrons. The van der Waals surface area contributed by atoms with Crippen LogP contribution in [-0.4, -0.2) is 54.2 Å². The first kappa shape index (κ1) is 23.2. The molecule has 174 valence electrons. The number of esters is 3. The number of benzene rings is 3. The van der Waals surface area contributed by atoms with Gasteiger partial charge >= 0.3 is 17.9 Å². The fourth-order valence-corrected chi connectivity index (χ4v) is 3.46. The number of aliphatic hydroxyl groups excluding tert-OH is 1. The van der Waals surface area contributed by atoms with Gasteiger partial charge in [0.25, 0.3) is 0 Å². The van der Waals surface area contributed by atoms with Crippen LogP contribution < -0.4 is 0 Å². The van der Waals surface area contributed by atoms with Gasteiger partial charge in [-0.25, -0.2) is 14.4 Å². The Hall–Kier alpha value is -4.01. The van der Waals surface area contributed by atoms with E-state index in [0.29, 0.717) is 5.56 Å². The first-order valence-corrected chi connectivity index (χ1v) is 10.6. The molecule has 3 aromatic carbocycles. The lowest BCUT2D eigenvalue weighted by Crippen LogP contribution is -2.42. The van der Waals surface area contributed by atoms with Crippen LogP contribution in [0.5, 0.6) is 0 Å². The quantitative estimate of drug-likeness (QED) is 0.422. The molecule has 1 aliphatic rings. The summed E-state index contributed by atoms with van der Waals surface area (Å²) in [5.41, 5.74) is 0.838. The third kappa shape index (κ3) is 5.48. The van der Waals surface area contributed by atoms with Crippen molar-refractivity contribution >= 4 is 17.9 Å². The van der Waals surface area contributed by atoms with Gasteiger partial charge in [-0.3, -0.25) is 0 Å². The molecule has 8 nitrogen and oxygen atoms in total. The van der Waals surface area contributed by atoms with Gasteiger partial charge in [0.1, 0.15) is 12.7 Å². The van der Waals surface area contributed by atoms with Gasteiger partial charge in [-0.05, 0) is 36.4 Å². The standard InChI is InChI=1S/C26H22O8/c27-23(17-10-4-1-5-11-17)31-16-20-21(33-24(28)18-12-6-2-7-13-18)22(26(30)32-20)34-25(29)19-14-8-3-9-15-19/h1-15,20-22,26,30H,16H2/t20?,21?,22-,26?/m1/s1. The molecule has 0 saturated carbocycles. The summed E-state index contributed by atoms with van der Waals surface area (Å²) in [7, 11) is 0. The van der Waals surface area contributed by atoms with Gasteiger partial charge in [-0.2, -0.15) is 0 Å². The molecule has 1 saturated heterocycles. The first-order valence-electron chi connectivity index (χ1n) is 10.6. The molecule has 4 rings (SSSR count). The summed E-state index contributed by atoms with van der Waals surface area (Å²) in [6, 6.07) is 24.7. The first-order chi connectivity index (χ1) is 16.5. The molecule has 1 aliphatic heterocycles. The Morgan fingerprint density at radius 1 is 0.647 bits per heavy atom. The largest absolute Gasteiger partial charge is 0.459 e. The molecule has 8 heteroatoms. The third-order valence-corrected chi connectivity index (χ3v) is 5.18. The molecule has 4 atom stereocenters. The summed E-state index contributed by atoms with van der Waals surface area (Å²) >= 11 is 0. The van der Waals surface area contributed by atoms with E-state index >= 15 is 0 Å². The van der Waals surface area contributed by atoms with E-state index in [-0.39, 0.29) is 17.7 Å². The lowest BCUT2D eigenvalue weighted by molar-refractivity contribution is -0.135. The summed E-state index contributed by atoms with van der Waals surface area (Å²) in [6.45, 7) is -0.336. The maximum absolute atomic E-state index is 12.7. The molecule has 0 aromatic heterocycles. The number of hydrogen-bond acceptors (Lipinski definition) is 8. The molecular weight excluding hydrogens is 440 g/mol. The highest BCUT2D eigenvalue weighted by Crippen LogP contribution is 2.28. The Bertz CT molecular complexity index is 1120. The van der Waals surface area contributed by atoms with Gasteiger partial charge in [-0.15, -0.1) is 0 Å². The van der Waals surface area contributed by atoms with Crippen LogP contribution >= 0.6 is 0 Å². The second-order valence-corrected chi connectivity index (χ2v) is 7.50. The highest BCUT2D eigenvalue weighted by molar-refractivity contribution is 5.90. The zero-order valence-corrected chi connectivity index (χ0v) is 18.0. The van der Waals surface area contributed by atoms with Crippen LogP contribution in [0.4, 0.5) is 0 Å². The predicted molar refractivity (Wildman–Crippen MR) is 119 cm³/mol. The van der Waals surface area contributed by atoms with Crippen molar-refractivity contribution in [2.24, 2.45) is 0 Å². The van der Waals surface area contributed by atoms with Crippen molar-refractivity contribution in [3.05, 3.63) is 108 Å². The van der Waals surface area contributed by atoms with Gasteiger partial charge in [0, 0.05) is 0 Å². The van der Waals surface area contributed by atoms with Crippen molar-refractivity contribution in [2.75, 3.05) is 6.61 Å². The third-order valence-electron chi connectivity index (χ3n) is 5.18. The summed E-state index contributed by atoms with van der Waals surface area (Å²) in [5.74, 6) is -2.05. The molecule has 3 unspecified atom stereocenters. The summed E-state index contributed by atoms with van der Waals surface area (Å²) in [6.07, 6.45) is -5.22. The minimum Gasteiger partial charge on any atom is -0.459 e. The second-order valence-electron chi connectivity index (χ2n) is 7.50. The monoisotopic (exact) mass is 462 g/mol. The van der Waals surface area contributed by atoms with Gasteiger partial charge in [0.15, 0.2) is 18.5 Å². The Kier molecular flexibility index (Phi) is 7.31. The summed E-state index contributed by atoms with van der Waals surface area (Å²) < 4.78 is 21.8. The molecule has 0 spiro atoms. The van der Waals surface area contributed by atoms with E-state index in [1.807, 2.05) is 0 Å². The van der Waals surface area contributed by atoms with Crippen molar-refractivity contribution in [3.63, 3.8) is 0 Å². The van der Waals surface area contributed by atoms with E-state index in [1.165, 1.54) is 0 Å². The van der Waals surface area contributed by atoms with Gasteiger partial charge < -0.3 is 24.1 Å². The molecule has 34 heavy (non-hydrogen) atoms. The smallest absolute Gasteiger partial charge is 0.338 e. The van der Waals surface area contributed by atoms with Gasteiger partial charge in [-0.1, -0.05) is 54.6 Å². The van der Waals surface area contributed by atoms with Crippen molar-refractivity contribution in [3.8, 4) is 0 Å². The highest BCUT2D eigenvalue weighted by atomic mass is 16.7. The van der Waals surface area contributed by atoms with E-state index in [4.69, 9.17) is 18.9 Å². The molecule has 1 fully saturated rings. The molecule has 0 aliphatic carbocycles. The number of ether oxygens (including phenoxy) is 4. The molecule has 3 aromatic rings. The maximum Gasteiger partial charge on any atom is 0.338 e. The van der Waals surface area contributed by atoms with Crippen molar-refractivity contribution in [1.29, 1.82) is 0 Å². The lowest BCUT2D eigenvalue weighted by Gasteiger charge is -2.23. The Morgan fingerprint density at radius 3 is 1.53 bits per heavy atom. The maximum atomic E-state index is 12.7. The Morgan fingerprint density at radius 2 is 1.06 bits per heavy atom. The normalized spacial score (nSPS) is 21.4. The Labute approximate surface area is 195 Å². The average Bonchev–Trinajstić information content (AvgIpc) is 3.17. The number of rotatable bonds is 7. The number of carbonyl (C=O) groups is 3. The van der Waals surface area contributed by atoms with E-state index in [9.17, 15) is 19.5 Å². The van der Waals surface area contributed by atoms with Gasteiger partial charge in [0.05, 0.1) is 16.7 Å². The minimum absolute atomic E-state index is 0.252. The number of hydrogen-bond donors (Lipinski definition) is 1. The van der Waals surface area contributed by atoms with Gasteiger partial charge in [0.2, 0.25) is 0 Å². The van der Waals surface area contributed by atoms with Crippen LogP contribution in [0.2, 0.25) is 0 Å². The van der Waals surface area contributed by atoms with Crippen LogP contribution in [0, 0.1) is 0 Å².